The normalized spacial score (nSPS) is 13.5. The van der Waals surface area contributed by atoms with Gasteiger partial charge in [-0.25, -0.2) is 14.5 Å². The minimum atomic E-state index is -4.15. The second kappa shape index (κ2) is 14.9. The lowest BCUT2D eigenvalue weighted by atomic mass is 10.1. The van der Waals surface area contributed by atoms with Gasteiger partial charge in [-0.15, -0.1) is 0 Å². The lowest BCUT2D eigenvalue weighted by molar-refractivity contribution is -0.146. The van der Waals surface area contributed by atoms with Crippen LogP contribution in [-0.2, 0) is 36.7 Å². The highest BCUT2D eigenvalue weighted by Crippen LogP contribution is 2.46. The molecule has 0 bridgehead atoms. The first kappa shape index (κ1) is 32.5. The van der Waals surface area contributed by atoms with Crippen molar-refractivity contribution < 1.29 is 27.9 Å². The van der Waals surface area contributed by atoms with Crippen molar-refractivity contribution in [2.75, 3.05) is 27.3 Å². The van der Waals surface area contributed by atoms with Crippen LogP contribution in [0.1, 0.15) is 12.5 Å². The van der Waals surface area contributed by atoms with E-state index < -0.39 is 25.3 Å². The van der Waals surface area contributed by atoms with E-state index >= 15 is 0 Å². The molecule has 2 atom stereocenters. The second-order valence-electron chi connectivity index (χ2n) is 10.4. The summed E-state index contributed by atoms with van der Waals surface area (Å²) in [6.07, 6.45) is 2.93. The molecule has 2 heterocycles. The number of nitrogens with zero attached hydrogens (tertiary/aromatic N) is 5. The SMILES string of the molecule is C[C@H](NP(=O)(OCCOCn1cnc2c(=O)[nH]c(/N=C/N(C)C)nc21)Oc1cccc2ccccc12)C(=O)OCc1ccccc1. The van der Waals surface area contributed by atoms with Gasteiger partial charge in [0.15, 0.2) is 11.2 Å². The maximum absolute atomic E-state index is 14.1. The van der Waals surface area contributed by atoms with Crippen molar-refractivity contribution in [1.29, 1.82) is 0 Å². The molecule has 15 heteroatoms. The van der Waals surface area contributed by atoms with Crippen LogP contribution < -0.4 is 15.2 Å². The summed E-state index contributed by atoms with van der Waals surface area (Å²) >= 11 is 0. The molecule has 0 radical (unpaired) electrons. The fraction of sp³-hybridized carbons (Fsp3) is 0.258. The van der Waals surface area contributed by atoms with E-state index in [0.717, 1.165) is 16.3 Å². The van der Waals surface area contributed by atoms with Crippen LogP contribution in [0.4, 0.5) is 5.95 Å². The number of aliphatic imine (C=N–C) groups is 1. The van der Waals surface area contributed by atoms with Gasteiger partial charge in [-0.1, -0.05) is 66.7 Å². The molecular weight excluding hydrogens is 613 g/mol. The first-order chi connectivity index (χ1) is 22.2. The number of esters is 1. The first-order valence-electron chi connectivity index (χ1n) is 14.3. The van der Waals surface area contributed by atoms with E-state index in [2.05, 4.69) is 25.0 Å². The van der Waals surface area contributed by atoms with Crippen molar-refractivity contribution >= 4 is 47.9 Å². The van der Waals surface area contributed by atoms with Gasteiger partial charge in [0.1, 0.15) is 25.1 Å². The molecule has 0 saturated heterocycles. The Labute approximate surface area is 264 Å². The molecular formula is C31H34N7O7P. The summed E-state index contributed by atoms with van der Waals surface area (Å²) in [6, 6.07) is 21.0. The predicted octanol–water partition coefficient (Wildman–Crippen LogP) is 4.39. The Morgan fingerprint density at radius 2 is 1.85 bits per heavy atom. The van der Waals surface area contributed by atoms with E-state index in [1.807, 2.05) is 60.7 Å². The summed E-state index contributed by atoms with van der Waals surface area (Å²) in [6.45, 7) is 1.35. The Kier molecular flexibility index (Phi) is 10.6. The van der Waals surface area contributed by atoms with Gasteiger partial charge in [-0.05, 0) is 23.9 Å². The molecule has 46 heavy (non-hydrogen) atoms. The minimum Gasteiger partial charge on any atom is -0.460 e. The van der Waals surface area contributed by atoms with E-state index in [9.17, 15) is 14.2 Å². The molecule has 2 N–H and O–H groups in total. The Morgan fingerprint density at radius 3 is 2.65 bits per heavy atom. The van der Waals surface area contributed by atoms with Gasteiger partial charge in [0.25, 0.3) is 5.56 Å². The van der Waals surface area contributed by atoms with Crippen LogP contribution in [0.25, 0.3) is 21.9 Å². The van der Waals surface area contributed by atoms with Crippen LogP contribution in [0.15, 0.2) is 88.9 Å². The smallest absolute Gasteiger partial charge is 0.459 e. The summed E-state index contributed by atoms with van der Waals surface area (Å²) in [5.41, 5.74) is 0.792. The molecule has 240 valence electrons. The zero-order valence-corrected chi connectivity index (χ0v) is 26.4. The quantitative estimate of drug-likeness (QED) is 0.0545. The Morgan fingerprint density at radius 1 is 1.09 bits per heavy atom. The Balaban J connectivity index is 1.25. The lowest BCUT2D eigenvalue weighted by Crippen LogP contribution is -2.35. The molecule has 5 rings (SSSR count). The van der Waals surface area contributed by atoms with Crippen molar-refractivity contribution in [3.8, 4) is 5.75 Å². The van der Waals surface area contributed by atoms with Gasteiger partial charge in [-0.2, -0.15) is 10.1 Å². The molecule has 0 aliphatic heterocycles. The molecule has 0 fully saturated rings. The minimum absolute atomic E-state index is 0.0219. The maximum atomic E-state index is 14.1. The molecule has 5 aromatic rings. The number of aromatic nitrogens is 4. The second-order valence-corrected chi connectivity index (χ2v) is 12.1. The topological polar surface area (TPSA) is 162 Å². The van der Waals surface area contributed by atoms with E-state index in [1.165, 1.54) is 24.2 Å². The lowest BCUT2D eigenvalue weighted by Gasteiger charge is -2.23. The first-order valence-corrected chi connectivity index (χ1v) is 15.9. The average Bonchev–Trinajstić information content (AvgIpc) is 3.46. The van der Waals surface area contributed by atoms with Crippen LogP contribution in [0.3, 0.4) is 0 Å². The third-order valence-electron chi connectivity index (χ3n) is 6.49. The zero-order chi connectivity index (χ0) is 32.5. The number of rotatable bonds is 15. The Hall–Kier alpha value is -4.88. The Bertz CT molecular complexity index is 1920. The third kappa shape index (κ3) is 8.43. The number of H-pyrrole nitrogens is 1. The van der Waals surface area contributed by atoms with Gasteiger partial charge in [-0.3, -0.25) is 23.7 Å². The van der Waals surface area contributed by atoms with Crippen molar-refractivity contribution in [2.45, 2.75) is 26.3 Å². The van der Waals surface area contributed by atoms with Crippen LogP contribution in [0.5, 0.6) is 5.75 Å². The van der Waals surface area contributed by atoms with Gasteiger partial charge in [0.2, 0.25) is 5.95 Å². The fourth-order valence-electron chi connectivity index (χ4n) is 4.29. The summed E-state index contributed by atoms with van der Waals surface area (Å²) in [5.74, 6) is -0.201. The van der Waals surface area contributed by atoms with Crippen LogP contribution in [0, 0.1) is 0 Å². The summed E-state index contributed by atoms with van der Waals surface area (Å²) in [5, 5.41) is 4.30. The van der Waals surface area contributed by atoms with Gasteiger partial charge >= 0.3 is 13.7 Å². The number of carbonyl (C=O) groups is 1. The van der Waals surface area contributed by atoms with Gasteiger partial charge in [0.05, 0.1) is 25.9 Å². The van der Waals surface area contributed by atoms with E-state index in [-0.39, 0.29) is 43.7 Å². The van der Waals surface area contributed by atoms with Crippen LogP contribution in [-0.4, -0.2) is 70.1 Å². The number of fused-ring (bicyclic) bond motifs is 2. The summed E-state index contributed by atoms with van der Waals surface area (Å²) < 4.78 is 38.4. The van der Waals surface area contributed by atoms with Crippen molar-refractivity contribution in [3.63, 3.8) is 0 Å². The van der Waals surface area contributed by atoms with Crippen molar-refractivity contribution in [1.82, 2.24) is 29.5 Å². The number of aromatic amines is 1. The molecule has 0 spiro atoms. The number of benzene rings is 3. The van der Waals surface area contributed by atoms with Crippen LogP contribution >= 0.6 is 7.75 Å². The molecule has 14 nitrogen and oxygen atoms in total. The largest absolute Gasteiger partial charge is 0.460 e. The number of hydrogen-bond acceptors (Lipinski definition) is 10. The fourth-order valence-corrected chi connectivity index (χ4v) is 5.78. The van der Waals surface area contributed by atoms with E-state index in [0.29, 0.717) is 5.75 Å². The molecule has 3 aromatic carbocycles. The summed E-state index contributed by atoms with van der Waals surface area (Å²) in [4.78, 5) is 42.1. The average molecular weight is 648 g/mol. The molecule has 1 unspecified atom stereocenters. The summed E-state index contributed by atoms with van der Waals surface area (Å²) in [7, 11) is -0.564. The molecule has 0 saturated carbocycles. The standard InChI is InChI=1S/C31H34N7O7P/c1-22(30(40)43-18-23-10-5-4-6-11-23)36-46(41,45-26-15-9-13-24-12-7-8-14-25(24)26)44-17-16-42-21-38-20-32-27-28(38)34-31(35-29(27)39)33-19-37(2)3/h4-15,19-20,22H,16-18,21H2,1-3H3,(H,36,41)(H,34,35,39)/b33-19+/t22-,46?/m0/s1. The highest BCUT2D eigenvalue weighted by Gasteiger charge is 2.32. The van der Waals surface area contributed by atoms with Gasteiger partial charge < -0.3 is 18.9 Å². The number of hydrogen-bond donors (Lipinski definition) is 2. The number of ether oxygens (including phenoxy) is 2. The van der Waals surface area contributed by atoms with Crippen molar-refractivity contribution in [2.24, 2.45) is 4.99 Å². The zero-order valence-electron chi connectivity index (χ0n) is 25.5. The highest BCUT2D eigenvalue weighted by atomic mass is 31.2. The number of carbonyl (C=O) groups excluding carboxylic acids is 1. The monoisotopic (exact) mass is 647 g/mol. The molecule has 0 aliphatic carbocycles. The van der Waals surface area contributed by atoms with E-state index in [4.69, 9.17) is 18.5 Å². The number of imidazole rings is 1. The molecule has 2 aromatic heterocycles. The van der Waals surface area contributed by atoms with Crippen molar-refractivity contribution in [3.05, 3.63) is 95.0 Å². The molecule has 0 aliphatic rings. The van der Waals surface area contributed by atoms with E-state index in [1.54, 1.807) is 31.1 Å². The van der Waals surface area contributed by atoms with Crippen LogP contribution in [0.2, 0.25) is 0 Å². The highest BCUT2D eigenvalue weighted by molar-refractivity contribution is 7.52. The predicted molar refractivity (Wildman–Crippen MR) is 173 cm³/mol. The maximum Gasteiger partial charge on any atom is 0.459 e. The third-order valence-corrected chi connectivity index (χ3v) is 8.15. The number of nitrogens with one attached hydrogen (secondary N) is 2. The van der Waals surface area contributed by atoms with Gasteiger partial charge in [0, 0.05) is 19.5 Å². The molecule has 0 amide bonds.